The standard InChI is InChI=1S/C20H34.C6H14/c1-13(2)12-16-7-8-18-17(15(16)4)10-11-20(5)14(3)6-9-19(18)20;1-4-5-6(2)3/h12,14-19H,6-11H2,1-5H3;6H,4-5H2,1-3H3. The number of fused-ring (bicyclic) bond motifs is 3. The van der Waals surface area contributed by atoms with Gasteiger partial charge in [0.05, 0.1) is 0 Å². The van der Waals surface area contributed by atoms with Gasteiger partial charge >= 0.3 is 0 Å². The van der Waals surface area contributed by atoms with Crippen molar-refractivity contribution < 1.29 is 0 Å². The Hall–Kier alpha value is -0.260. The molecule has 3 aliphatic carbocycles. The Morgan fingerprint density at radius 1 is 1.00 bits per heavy atom. The second-order valence-electron chi connectivity index (χ2n) is 11.0. The quantitative estimate of drug-likeness (QED) is 0.442. The topological polar surface area (TPSA) is 0 Å². The molecular formula is C26H48. The Kier molecular flexibility index (Phi) is 7.87. The minimum Gasteiger partial charge on any atom is -0.0825 e. The molecule has 0 aliphatic heterocycles. The lowest BCUT2D eigenvalue weighted by Gasteiger charge is -2.53. The monoisotopic (exact) mass is 360 g/mol. The number of rotatable bonds is 3. The van der Waals surface area contributed by atoms with E-state index in [2.05, 4.69) is 61.5 Å². The van der Waals surface area contributed by atoms with Crippen LogP contribution in [0.3, 0.4) is 0 Å². The third-order valence-electron chi connectivity index (χ3n) is 8.56. The molecule has 0 spiro atoms. The van der Waals surface area contributed by atoms with E-state index in [-0.39, 0.29) is 0 Å². The Morgan fingerprint density at radius 2 is 1.69 bits per heavy atom. The van der Waals surface area contributed by atoms with Gasteiger partial charge in [-0.3, -0.25) is 0 Å². The third-order valence-corrected chi connectivity index (χ3v) is 8.56. The molecule has 0 heterocycles. The molecule has 0 bridgehead atoms. The van der Waals surface area contributed by atoms with Crippen LogP contribution in [0.4, 0.5) is 0 Å². The molecule has 7 atom stereocenters. The van der Waals surface area contributed by atoms with Crippen LogP contribution in [0, 0.1) is 46.8 Å². The summed E-state index contributed by atoms with van der Waals surface area (Å²) in [5.41, 5.74) is 2.21. The van der Waals surface area contributed by atoms with E-state index < -0.39 is 0 Å². The zero-order valence-electron chi connectivity index (χ0n) is 19.3. The molecule has 0 amide bonds. The zero-order valence-corrected chi connectivity index (χ0v) is 19.3. The van der Waals surface area contributed by atoms with Crippen molar-refractivity contribution in [1.82, 2.24) is 0 Å². The number of hydrogen-bond acceptors (Lipinski definition) is 0. The van der Waals surface area contributed by atoms with E-state index in [1.807, 2.05) is 0 Å². The minimum atomic E-state index is 0.685. The fourth-order valence-electron chi connectivity index (χ4n) is 6.85. The van der Waals surface area contributed by atoms with Gasteiger partial charge in [0.1, 0.15) is 0 Å². The molecule has 0 aromatic carbocycles. The molecule has 0 saturated heterocycles. The van der Waals surface area contributed by atoms with Crippen LogP contribution in [0.1, 0.15) is 107 Å². The smallest absolute Gasteiger partial charge is 0.0202 e. The largest absolute Gasteiger partial charge is 0.0825 e. The maximum absolute atomic E-state index is 2.62. The minimum absolute atomic E-state index is 0.685. The lowest BCUT2D eigenvalue weighted by atomic mass is 9.52. The molecule has 0 nitrogen and oxygen atoms in total. The van der Waals surface area contributed by atoms with Gasteiger partial charge < -0.3 is 0 Å². The maximum atomic E-state index is 2.62. The maximum Gasteiger partial charge on any atom is -0.0202 e. The summed E-state index contributed by atoms with van der Waals surface area (Å²) in [5.74, 6) is 6.78. The molecule has 3 aliphatic rings. The van der Waals surface area contributed by atoms with Gasteiger partial charge in [-0.1, -0.05) is 66.0 Å². The van der Waals surface area contributed by atoms with E-state index in [1.54, 1.807) is 0 Å². The Morgan fingerprint density at radius 3 is 2.23 bits per heavy atom. The van der Waals surface area contributed by atoms with Crippen molar-refractivity contribution in [2.45, 2.75) is 107 Å². The van der Waals surface area contributed by atoms with Gasteiger partial charge in [0, 0.05) is 0 Å². The van der Waals surface area contributed by atoms with Crippen LogP contribution in [0.2, 0.25) is 0 Å². The van der Waals surface area contributed by atoms with E-state index in [0.717, 1.165) is 41.4 Å². The van der Waals surface area contributed by atoms with Gasteiger partial charge in [-0.25, -0.2) is 0 Å². The number of hydrogen-bond donors (Lipinski definition) is 0. The normalized spacial score (nSPS) is 41.7. The van der Waals surface area contributed by atoms with Crippen molar-refractivity contribution in [1.29, 1.82) is 0 Å². The summed E-state index contributed by atoms with van der Waals surface area (Å²) >= 11 is 0. The molecule has 0 aromatic rings. The average molecular weight is 361 g/mol. The van der Waals surface area contributed by atoms with E-state index >= 15 is 0 Å². The second-order valence-corrected chi connectivity index (χ2v) is 11.0. The van der Waals surface area contributed by atoms with E-state index in [9.17, 15) is 0 Å². The van der Waals surface area contributed by atoms with Crippen LogP contribution >= 0.6 is 0 Å². The van der Waals surface area contributed by atoms with Gasteiger partial charge in [0.2, 0.25) is 0 Å². The highest BCUT2D eigenvalue weighted by Crippen LogP contribution is 2.62. The molecule has 3 fully saturated rings. The lowest BCUT2D eigenvalue weighted by molar-refractivity contribution is -0.0372. The molecule has 3 saturated carbocycles. The average Bonchev–Trinajstić information content (AvgIpc) is 2.86. The summed E-state index contributed by atoms with van der Waals surface area (Å²) in [6, 6.07) is 0. The summed E-state index contributed by atoms with van der Waals surface area (Å²) < 4.78 is 0. The highest BCUT2D eigenvalue weighted by atomic mass is 14.6. The molecule has 3 rings (SSSR count). The van der Waals surface area contributed by atoms with Crippen LogP contribution < -0.4 is 0 Å². The predicted octanol–water partition coefficient (Wildman–Crippen LogP) is 8.52. The van der Waals surface area contributed by atoms with Gasteiger partial charge in [0.15, 0.2) is 0 Å². The van der Waals surface area contributed by atoms with Crippen LogP contribution in [-0.4, -0.2) is 0 Å². The number of allylic oxidation sites excluding steroid dienone is 2. The first-order valence-electron chi connectivity index (χ1n) is 11.9. The summed E-state index contributed by atoms with van der Waals surface area (Å²) in [7, 11) is 0. The van der Waals surface area contributed by atoms with Crippen molar-refractivity contribution >= 4 is 0 Å². The third kappa shape index (κ3) is 4.77. The van der Waals surface area contributed by atoms with E-state index in [1.165, 1.54) is 56.9 Å². The first-order valence-corrected chi connectivity index (χ1v) is 11.9. The summed E-state index contributed by atoms with van der Waals surface area (Å²) in [6.07, 6.45) is 14.3. The fraction of sp³-hybridized carbons (Fsp3) is 0.923. The molecule has 152 valence electrons. The fourth-order valence-corrected chi connectivity index (χ4v) is 6.85. The Labute approximate surface area is 165 Å². The Bertz CT molecular complexity index is 455. The summed E-state index contributed by atoms with van der Waals surface area (Å²) in [6.45, 7) is 19.0. The van der Waals surface area contributed by atoms with Crippen molar-refractivity contribution in [2.24, 2.45) is 46.8 Å². The zero-order chi connectivity index (χ0) is 19.5. The highest BCUT2D eigenvalue weighted by Gasteiger charge is 2.54. The van der Waals surface area contributed by atoms with E-state index in [4.69, 9.17) is 0 Å². The SMILES string of the molecule is CC(C)=CC1CCC2C(CCC3(C)C(C)CCC23)C1C.CCCC(C)C. The highest BCUT2D eigenvalue weighted by molar-refractivity contribution is 5.07. The van der Waals surface area contributed by atoms with Crippen LogP contribution in [0.25, 0.3) is 0 Å². The Balaban J connectivity index is 0.000000352. The van der Waals surface area contributed by atoms with Crippen LogP contribution in [0.15, 0.2) is 11.6 Å². The molecular weight excluding hydrogens is 312 g/mol. The van der Waals surface area contributed by atoms with Gasteiger partial charge in [-0.2, -0.15) is 0 Å². The summed E-state index contributed by atoms with van der Waals surface area (Å²) in [4.78, 5) is 0. The summed E-state index contributed by atoms with van der Waals surface area (Å²) in [5, 5.41) is 0. The molecule has 26 heavy (non-hydrogen) atoms. The van der Waals surface area contributed by atoms with Crippen LogP contribution in [-0.2, 0) is 0 Å². The molecule has 0 N–H and O–H groups in total. The van der Waals surface area contributed by atoms with Gasteiger partial charge in [0.25, 0.3) is 0 Å². The molecule has 7 unspecified atom stereocenters. The molecule has 0 aromatic heterocycles. The first-order chi connectivity index (χ1) is 12.2. The van der Waals surface area contributed by atoms with Gasteiger partial charge in [-0.15, -0.1) is 0 Å². The van der Waals surface area contributed by atoms with E-state index in [0.29, 0.717) is 5.41 Å². The lowest BCUT2D eigenvalue weighted by Crippen LogP contribution is -2.46. The molecule has 0 radical (unpaired) electrons. The van der Waals surface area contributed by atoms with Crippen molar-refractivity contribution in [3.8, 4) is 0 Å². The van der Waals surface area contributed by atoms with Crippen molar-refractivity contribution in [3.63, 3.8) is 0 Å². The van der Waals surface area contributed by atoms with Crippen molar-refractivity contribution in [2.75, 3.05) is 0 Å². The second kappa shape index (κ2) is 9.29. The van der Waals surface area contributed by atoms with Crippen LogP contribution in [0.5, 0.6) is 0 Å². The van der Waals surface area contributed by atoms with Gasteiger partial charge in [-0.05, 0) is 99.2 Å². The first kappa shape index (κ1) is 22.0. The predicted molar refractivity (Wildman–Crippen MR) is 117 cm³/mol. The van der Waals surface area contributed by atoms with Crippen molar-refractivity contribution in [3.05, 3.63) is 11.6 Å². The molecule has 0 heteroatoms.